The second-order valence-electron chi connectivity index (χ2n) is 7.32. The van der Waals surface area contributed by atoms with E-state index in [1.807, 2.05) is 0 Å². The van der Waals surface area contributed by atoms with Crippen LogP contribution in [0.15, 0.2) is 72.4 Å². The van der Waals surface area contributed by atoms with Crippen molar-refractivity contribution in [2.75, 3.05) is 31.1 Å². The molecule has 0 saturated carbocycles. The minimum atomic E-state index is -0.0740. The van der Waals surface area contributed by atoms with E-state index in [2.05, 4.69) is 74.9 Å². The predicted octanol–water partition coefficient (Wildman–Crippen LogP) is 3.82. The first-order valence-corrected chi connectivity index (χ1v) is 10.9. The van der Waals surface area contributed by atoms with Gasteiger partial charge in [-0.25, -0.2) is 0 Å². The van der Waals surface area contributed by atoms with Crippen molar-refractivity contribution < 1.29 is 4.79 Å². The molecule has 2 aromatic heterocycles. The number of thiophene rings is 1. The lowest BCUT2D eigenvalue weighted by Gasteiger charge is -2.42. The van der Waals surface area contributed by atoms with Crippen LogP contribution in [-0.2, 0) is 0 Å². The molecule has 1 fully saturated rings. The molecule has 150 valence electrons. The van der Waals surface area contributed by atoms with Gasteiger partial charge in [0.2, 0.25) is 0 Å². The van der Waals surface area contributed by atoms with Crippen molar-refractivity contribution in [1.29, 1.82) is 0 Å². The Labute approximate surface area is 176 Å². The maximum atomic E-state index is 12.7. The molecule has 1 aromatic carbocycles. The summed E-state index contributed by atoms with van der Waals surface area (Å²) < 4.78 is 0. The Morgan fingerprint density at radius 3 is 2.48 bits per heavy atom. The minimum absolute atomic E-state index is 0.00960. The second-order valence-corrected chi connectivity index (χ2v) is 8.30. The third-order valence-corrected chi connectivity index (χ3v) is 6.36. The number of carbonyl (C=O) groups excluding carboxylic acids is 1. The molecule has 1 aliphatic heterocycles. The molecule has 0 aliphatic carbocycles. The molecule has 29 heavy (non-hydrogen) atoms. The number of carbonyl (C=O) groups is 1. The Balaban J connectivity index is 1.46. The summed E-state index contributed by atoms with van der Waals surface area (Å²) in [6.45, 7) is 5.99. The highest BCUT2D eigenvalue weighted by atomic mass is 32.1. The van der Waals surface area contributed by atoms with E-state index in [9.17, 15) is 4.79 Å². The summed E-state index contributed by atoms with van der Waals surface area (Å²) in [5.74, 6) is -0.0740. The predicted molar refractivity (Wildman–Crippen MR) is 118 cm³/mol. The number of nitrogens with zero attached hydrogens (tertiary/aromatic N) is 3. The Morgan fingerprint density at radius 1 is 1.03 bits per heavy atom. The van der Waals surface area contributed by atoms with Gasteiger partial charge in [-0.05, 0) is 42.6 Å². The van der Waals surface area contributed by atoms with Crippen molar-refractivity contribution in [1.82, 2.24) is 15.2 Å². The number of benzene rings is 1. The maximum Gasteiger partial charge on any atom is 0.253 e. The second kappa shape index (κ2) is 9.20. The largest absolute Gasteiger partial charge is 0.369 e. The van der Waals surface area contributed by atoms with Gasteiger partial charge >= 0.3 is 0 Å². The zero-order chi connectivity index (χ0) is 20.1. The van der Waals surface area contributed by atoms with Crippen LogP contribution in [0.1, 0.15) is 28.2 Å². The number of aromatic nitrogens is 1. The highest BCUT2D eigenvalue weighted by Gasteiger charge is 2.31. The molecule has 0 radical (unpaired) electrons. The molecular weight excluding hydrogens is 380 g/mol. The summed E-state index contributed by atoms with van der Waals surface area (Å²) in [6, 6.07) is 18.6. The van der Waals surface area contributed by atoms with E-state index >= 15 is 0 Å². The van der Waals surface area contributed by atoms with E-state index in [1.54, 1.807) is 35.9 Å². The summed E-state index contributed by atoms with van der Waals surface area (Å²) >= 11 is 1.75. The normalized spacial score (nSPS) is 16.9. The monoisotopic (exact) mass is 406 g/mol. The number of piperazine rings is 1. The molecule has 0 spiro atoms. The standard InChI is InChI=1S/C23H26N4OS/c1-18(25-23(28)19-7-5-11-24-17-19)22(21-10-6-16-29-21)27-14-12-26(13-15-27)20-8-3-2-4-9-20/h2-11,16-18,22H,12-15H2,1H3,(H,25,28)/t18-,22+/m1/s1. The van der Waals surface area contributed by atoms with Gasteiger partial charge in [-0.15, -0.1) is 11.3 Å². The van der Waals surface area contributed by atoms with E-state index in [4.69, 9.17) is 0 Å². The van der Waals surface area contributed by atoms with Crippen LogP contribution in [0.4, 0.5) is 5.69 Å². The number of amides is 1. The maximum absolute atomic E-state index is 12.7. The molecular formula is C23H26N4OS. The van der Waals surface area contributed by atoms with Gasteiger partial charge in [0, 0.05) is 55.2 Å². The quantitative estimate of drug-likeness (QED) is 0.676. The van der Waals surface area contributed by atoms with Crippen LogP contribution in [0.5, 0.6) is 0 Å². The van der Waals surface area contributed by atoms with Crippen LogP contribution in [0.25, 0.3) is 0 Å². The number of nitrogens with one attached hydrogen (secondary N) is 1. The summed E-state index contributed by atoms with van der Waals surface area (Å²) in [7, 11) is 0. The number of pyridine rings is 1. The highest BCUT2D eigenvalue weighted by molar-refractivity contribution is 7.10. The number of para-hydroxylation sites is 1. The smallest absolute Gasteiger partial charge is 0.253 e. The first-order chi connectivity index (χ1) is 14.2. The zero-order valence-electron chi connectivity index (χ0n) is 16.6. The van der Waals surface area contributed by atoms with E-state index in [0.717, 1.165) is 26.2 Å². The molecule has 5 nitrogen and oxygen atoms in total. The first kappa shape index (κ1) is 19.6. The number of anilines is 1. The lowest BCUT2D eigenvalue weighted by atomic mass is 10.0. The summed E-state index contributed by atoms with van der Waals surface area (Å²) in [5, 5.41) is 5.31. The fourth-order valence-electron chi connectivity index (χ4n) is 3.97. The Morgan fingerprint density at radius 2 is 1.83 bits per heavy atom. The Bertz CT molecular complexity index is 893. The van der Waals surface area contributed by atoms with Gasteiger partial charge in [0.25, 0.3) is 5.91 Å². The van der Waals surface area contributed by atoms with Crippen molar-refractivity contribution >= 4 is 22.9 Å². The van der Waals surface area contributed by atoms with Gasteiger partial charge in [-0.3, -0.25) is 14.7 Å². The van der Waals surface area contributed by atoms with Crippen LogP contribution in [0.3, 0.4) is 0 Å². The van der Waals surface area contributed by atoms with Crippen molar-refractivity contribution in [2.24, 2.45) is 0 Å². The van der Waals surface area contributed by atoms with Gasteiger partial charge in [0.05, 0.1) is 11.6 Å². The molecule has 3 aromatic rings. The average molecular weight is 407 g/mol. The van der Waals surface area contributed by atoms with E-state index in [0.29, 0.717) is 5.56 Å². The molecule has 2 atom stereocenters. The molecule has 1 amide bonds. The molecule has 4 rings (SSSR count). The first-order valence-electron chi connectivity index (χ1n) is 10.0. The van der Waals surface area contributed by atoms with Crippen LogP contribution >= 0.6 is 11.3 Å². The molecule has 3 heterocycles. The van der Waals surface area contributed by atoms with Gasteiger partial charge < -0.3 is 10.2 Å². The summed E-state index contributed by atoms with van der Waals surface area (Å²) in [4.78, 5) is 23.0. The molecule has 0 bridgehead atoms. The fourth-order valence-corrected chi connectivity index (χ4v) is 4.93. The Kier molecular flexibility index (Phi) is 6.22. The molecule has 6 heteroatoms. The summed E-state index contributed by atoms with van der Waals surface area (Å²) in [5.41, 5.74) is 1.87. The molecule has 1 aliphatic rings. The molecule has 0 unspecified atom stereocenters. The molecule has 1 saturated heterocycles. The van der Waals surface area contributed by atoms with Gasteiger partial charge in [-0.1, -0.05) is 24.3 Å². The number of hydrogen-bond donors (Lipinski definition) is 1. The SMILES string of the molecule is C[C@@H](NC(=O)c1cccnc1)[C@@H](c1cccs1)N1CCN(c2ccccc2)CC1. The van der Waals surface area contributed by atoms with Gasteiger partial charge in [-0.2, -0.15) is 0 Å². The van der Waals surface area contributed by atoms with E-state index in [1.165, 1.54) is 10.6 Å². The van der Waals surface area contributed by atoms with Crippen molar-refractivity contribution in [3.63, 3.8) is 0 Å². The van der Waals surface area contributed by atoms with Crippen LogP contribution in [0, 0.1) is 0 Å². The lowest BCUT2D eigenvalue weighted by molar-refractivity contribution is 0.0890. The van der Waals surface area contributed by atoms with Crippen molar-refractivity contribution in [2.45, 2.75) is 19.0 Å². The van der Waals surface area contributed by atoms with Crippen LogP contribution < -0.4 is 10.2 Å². The van der Waals surface area contributed by atoms with Gasteiger partial charge in [0.15, 0.2) is 0 Å². The number of rotatable bonds is 6. The van der Waals surface area contributed by atoms with E-state index in [-0.39, 0.29) is 18.0 Å². The van der Waals surface area contributed by atoms with Gasteiger partial charge in [0.1, 0.15) is 0 Å². The fraction of sp³-hybridized carbons (Fsp3) is 0.304. The number of hydrogen-bond acceptors (Lipinski definition) is 5. The summed E-state index contributed by atoms with van der Waals surface area (Å²) in [6.07, 6.45) is 3.29. The topological polar surface area (TPSA) is 48.5 Å². The third-order valence-electron chi connectivity index (χ3n) is 5.42. The van der Waals surface area contributed by atoms with Crippen molar-refractivity contribution in [3.05, 3.63) is 82.8 Å². The van der Waals surface area contributed by atoms with E-state index < -0.39 is 0 Å². The van der Waals surface area contributed by atoms with Crippen LogP contribution in [-0.4, -0.2) is 48.0 Å². The highest BCUT2D eigenvalue weighted by Crippen LogP contribution is 2.30. The van der Waals surface area contributed by atoms with Crippen LogP contribution in [0.2, 0.25) is 0 Å². The zero-order valence-corrected chi connectivity index (χ0v) is 17.4. The third kappa shape index (κ3) is 4.66. The minimum Gasteiger partial charge on any atom is -0.369 e. The van der Waals surface area contributed by atoms with Crippen molar-refractivity contribution in [3.8, 4) is 0 Å². The average Bonchev–Trinajstić information content (AvgIpc) is 3.30. The lowest BCUT2D eigenvalue weighted by Crippen LogP contribution is -2.52. The molecule has 1 N–H and O–H groups in total. The Hall–Kier alpha value is -2.70.